The quantitative estimate of drug-likeness (QED) is 0.904. The second kappa shape index (κ2) is 5.42. The minimum absolute atomic E-state index is 0.635. The van der Waals surface area contributed by atoms with E-state index in [1.165, 1.54) is 12.7 Å². The Hall–Kier alpha value is -0.680. The fourth-order valence-corrected chi connectivity index (χ4v) is 2.03. The summed E-state index contributed by atoms with van der Waals surface area (Å²) in [5.74, 6) is 1.39. The van der Waals surface area contributed by atoms with Crippen LogP contribution in [0, 0.1) is 5.92 Å². The van der Waals surface area contributed by atoms with Crippen molar-refractivity contribution in [3.63, 3.8) is 0 Å². The van der Waals surface area contributed by atoms with Gasteiger partial charge in [-0.3, -0.25) is 0 Å². The highest BCUT2D eigenvalue weighted by molar-refractivity contribution is 9.10. The number of nitrogens with one attached hydrogen (secondary N) is 1. The summed E-state index contributed by atoms with van der Waals surface area (Å²) in [7, 11) is 0. The van der Waals surface area contributed by atoms with Crippen LogP contribution < -0.4 is 10.1 Å². The van der Waals surface area contributed by atoms with E-state index >= 15 is 0 Å². The largest absolute Gasteiger partial charge is 0.477 e. The molecule has 2 rings (SSSR count). The van der Waals surface area contributed by atoms with Gasteiger partial charge in [0, 0.05) is 6.20 Å². The third-order valence-corrected chi connectivity index (χ3v) is 3.11. The van der Waals surface area contributed by atoms with E-state index in [-0.39, 0.29) is 0 Å². The summed E-state index contributed by atoms with van der Waals surface area (Å²) in [6.07, 6.45) is 5.54. The molecular formula is C10H14BrN3O. The van der Waals surface area contributed by atoms with Crippen molar-refractivity contribution in [2.24, 2.45) is 5.92 Å². The SMILES string of the molecule is Brc1cncnc1OCCC1CCNC1. The molecule has 0 bridgehead atoms. The highest BCUT2D eigenvalue weighted by Gasteiger charge is 2.14. The van der Waals surface area contributed by atoms with Crippen LogP contribution in [0.4, 0.5) is 0 Å². The number of ether oxygens (including phenoxy) is 1. The van der Waals surface area contributed by atoms with Crippen LogP contribution in [0.25, 0.3) is 0 Å². The van der Waals surface area contributed by atoms with Crippen LogP contribution >= 0.6 is 15.9 Å². The second-order valence-corrected chi connectivity index (χ2v) is 4.53. The maximum atomic E-state index is 5.57. The zero-order valence-electron chi connectivity index (χ0n) is 8.45. The van der Waals surface area contributed by atoms with E-state index in [0.717, 1.165) is 36.5 Å². The molecule has 15 heavy (non-hydrogen) atoms. The fourth-order valence-electron chi connectivity index (χ4n) is 1.69. The number of halogens is 1. The zero-order chi connectivity index (χ0) is 10.5. The molecule has 0 radical (unpaired) electrons. The van der Waals surface area contributed by atoms with Gasteiger partial charge in [0.2, 0.25) is 5.88 Å². The van der Waals surface area contributed by atoms with Crippen LogP contribution in [0.1, 0.15) is 12.8 Å². The van der Waals surface area contributed by atoms with E-state index in [0.29, 0.717) is 5.88 Å². The van der Waals surface area contributed by atoms with Crippen LogP contribution in [0.5, 0.6) is 5.88 Å². The van der Waals surface area contributed by atoms with Gasteiger partial charge in [0.05, 0.1) is 11.1 Å². The van der Waals surface area contributed by atoms with Crippen LogP contribution in [0.3, 0.4) is 0 Å². The Morgan fingerprint density at radius 3 is 3.27 bits per heavy atom. The van der Waals surface area contributed by atoms with E-state index in [2.05, 4.69) is 31.2 Å². The molecule has 1 N–H and O–H groups in total. The maximum Gasteiger partial charge on any atom is 0.231 e. The van der Waals surface area contributed by atoms with Crippen LogP contribution in [-0.2, 0) is 0 Å². The Morgan fingerprint density at radius 2 is 2.53 bits per heavy atom. The highest BCUT2D eigenvalue weighted by Crippen LogP contribution is 2.20. The highest BCUT2D eigenvalue weighted by atomic mass is 79.9. The van der Waals surface area contributed by atoms with E-state index in [1.54, 1.807) is 6.20 Å². The van der Waals surface area contributed by atoms with Gasteiger partial charge >= 0.3 is 0 Å². The number of hydrogen-bond donors (Lipinski definition) is 1. The molecule has 1 fully saturated rings. The van der Waals surface area contributed by atoms with Gasteiger partial charge in [-0.2, -0.15) is 0 Å². The molecule has 1 unspecified atom stereocenters. The normalized spacial score (nSPS) is 20.5. The summed E-state index contributed by atoms with van der Waals surface area (Å²) < 4.78 is 6.39. The smallest absolute Gasteiger partial charge is 0.231 e. The molecule has 1 aliphatic rings. The van der Waals surface area contributed by atoms with E-state index < -0.39 is 0 Å². The molecule has 0 amide bonds. The third kappa shape index (κ3) is 3.14. The molecule has 1 saturated heterocycles. The first-order valence-corrected chi connectivity index (χ1v) is 5.94. The van der Waals surface area contributed by atoms with Gasteiger partial charge in [0.1, 0.15) is 6.33 Å². The molecule has 82 valence electrons. The standard InChI is InChI=1S/C10H14BrN3O/c11-9-6-13-7-14-10(9)15-4-2-8-1-3-12-5-8/h6-8,12H,1-5H2. The van der Waals surface area contributed by atoms with Gasteiger partial charge < -0.3 is 10.1 Å². The lowest BCUT2D eigenvalue weighted by Crippen LogP contribution is -2.12. The molecule has 0 aromatic carbocycles. The Labute approximate surface area is 97.6 Å². The maximum absolute atomic E-state index is 5.57. The lowest BCUT2D eigenvalue weighted by Gasteiger charge is -2.09. The number of aromatic nitrogens is 2. The third-order valence-electron chi connectivity index (χ3n) is 2.56. The van der Waals surface area contributed by atoms with Crippen molar-refractivity contribution in [2.45, 2.75) is 12.8 Å². The van der Waals surface area contributed by atoms with Crippen molar-refractivity contribution in [2.75, 3.05) is 19.7 Å². The van der Waals surface area contributed by atoms with E-state index in [9.17, 15) is 0 Å². The van der Waals surface area contributed by atoms with E-state index in [1.807, 2.05) is 0 Å². The monoisotopic (exact) mass is 271 g/mol. The van der Waals surface area contributed by atoms with Crippen LogP contribution in [0.15, 0.2) is 17.0 Å². The Kier molecular flexibility index (Phi) is 3.91. The minimum atomic E-state index is 0.635. The fraction of sp³-hybridized carbons (Fsp3) is 0.600. The summed E-state index contributed by atoms with van der Waals surface area (Å²) in [6.45, 7) is 2.98. The lowest BCUT2D eigenvalue weighted by atomic mass is 10.1. The van der Waals surface area contributed by atoms with Crippen LogP contribution in [0.2, 0.25) is 0 Å². The van der Waals surface area contributed by atoms with Gasteiger partial charge in [-0.15, -0.1) is 0 Å². The van der Waals surface area contributed by atoms with Crippen LogP contribution in [-0.4, -0.2) is 29.7 Å². The molecule has 4 nitrogen and oxygen atoms in total. The number of nitrogens with zero attached hydrogens (tertiary/aromatic N) is 2. The summed E-state index contributed by atoms with van der Waals surface area (Å²) in [5, 5.41) is 3.34. The molecule has 1 aromatic rings. The molecule has 1 aromatic heterocycles. The molecule has 0 spiro atoms. The summed E-state index contributed by atoms with van der Waals surface area (Å²) in [5.41, 5.74) is 0. The van der Waals surface area contributed by atoms with E-state index in [4.69, 9.17) is 4.74 Å². The molecule has 5 heteroatoms. The topological polar surface area (TPSA) is 47.0 Å². The van der Waals surface area contributed by atoms with Crippen molar-refractivity contribution < 1.29 is 4.74 Å². The van der Waals surface area contributed by atoms with Crippen molar-refractivity contribution in [1.82, 2.24) is 15.3 Å². The summed E-state index contributed by atoms with van der Waals surface area (Å²) in [4.78, 5) is 7.93. The molecule has 0 aliphatic carbocycles. The number of hydrogen-bond acceptors (Lipinski definition) is 4. The molecule has 1 aliphatic heterocycles. The summed E-state index contributed by atoms with van der Waals surface area (Å²) in [6, 6.07) is 0. The Balaban J connectivity index is 1.75. The molecule has 0 saturated carbocycles. The lowest BCUT2D eigenvalue weighted by molar-refractivity contribution is 0.272. The van der Waals surface area contributed by atoms with Crippen molar-refractivity contribution >= 4 is 15.9 Å². The van der Waals surface area contributed by atoms with Gasteiger partial charge in [-0.05, 0) is 47.8 Å². The summed E-state index contributed by atoms with van der Waals surface area (Å²) >= 11 is 3.35. The molecular weight excluding hydrogens is 258 g/mol. The first kappa shape index (κ1) is 10.8. The Morgan fingerprint density at radius 1 is 1.60 bits per heavy atom. The predicted octanol–water partition coefficient (Wildman–Crippen LogP) is 1.62. The first-order chi connectivity index (χ1) is 7.36. The van der Waals surface area contributed by atoms with Gasteiger partial charge in [-0.25, -0.2) is 9.97 Å². The predicted molar refractivity (Wildman–Crippen MR) is 60.8 cm³/mol. The van der Waals surface area contributed by atoms with Gasteiger partial charge in [-0.1, -0.05) is 0 Å². The first-order valence-electron chi connectivity index (χ1n) is 5.15. The number of rotatable bonds is 4. The van der Waals surface area contributed by atoms with Crippen molar-refractivity contribution in [3.8, 4) is 5.88 Å². The Bertz CT molecular complexity index is 315. The van der Waals surface area contributed by atoms with Gasteiger partial charge in [0.25, 0.3) is 0 Å². The average molecular weight is 272 g/mol. The van der Waals surface area contributed by atoms with Gasteiger partial charge in [0.15, 0.2) is 0 Å². The van der Waals surface area contributed by atoms with Crippen molar-refractivity contribution in [1.29, 1.82) is 0 Å². The minimum Gasteiger partial charge on any atom is -0.477 e. The van der Waals surface area contributed by atoms with Crippen molar-refractivity contribution in [3.05, 3.63) is 17.0 Å². The zero-order valence-corrected chi connectivity index (χ0v) is 10.0. The molecule has 2 heterocycles. The molecule has 1 atom stereocenters. The average Bonchev–Trinajstić information content (AvgIpc) is 2.74. The second-order valence-electron chi connectivity index (χ2n) is 3.67.